The molecule has 1 aliphatic heterocycles. The van der Waals surface area contributed by atoms with Gasteiger partial charge in [-0.15, -0.1) is 0 Å². The van der Waals surface area contributed by atoms with Crippen molar-refractivity contribution in [2.45, 2.75) is 25.8 Å². The number of rotatable bonds is 2. The summed E-state index contributed by atoms with van der Waals surface area (Å²) < 4.78 is 1.71. The van der Waals surface area contributed by atoms with Crippen LogP contribution in [0.25, 0.3) is 0 Å². The highest BCUT2D eigenvalue weighted by Crippen LogP contribution is 2.15. The predicted octanol–water partition coefficient (Wildman–Crippen LogP) is 0.210. The lowest BCUT2D eigenvalue weighted by atomic mass is 10.0. The van der Waals surface area contributed by atoms with E-state index in [0.717, 1.165) is 25.2 Å². The van der Waals surface area contributed by atoms with Gasteiger partial charge in [-0.1, -0.05) is 0 Å². The SMILES string of the molecule is Cc1c(C(=O)NC2(C)CCNC2)cnn1C. The van der Waals surface area contributed by atoms with Gasteiger partial charge in [0.05, 0.1) is 17.3 Å². The molecule has 0 saturated carbocycles. The molecule has 1 unspecified atom stereocenters. The highest BCUT2D eigenvalue weighted by Gasteiger charge is 2.31. The summed E-state index contributed by atoms with van der Waals surface area (Å²) in [7, 11) is 1.84. The van der Waals surface area contributed by atoms with Gasteiger partial charge in [0.2, 0.25) is 0 Å². The zero-order valence-corrected chi connectivity index (χ0v) is 10.0. The van der Waals surface area contributed by atoms with E-state index in [2.05, 4.69) is 22.7 Å². The molecule has 0 radical (unpaired) electrons. The number of carbonyl (C=O) groups is 1. The van der Waals surface area contributed by atoms with Gasteiger partial charge in [-0.25, -0.2) is 0 Å². The number of amides is 1. The summed E-state index contributed by atoms with van der Waals surface area (Å²) in [6.07, 6.45) is 2.59. The molecule has 0 aromatic carbocycles. The first kappa shape index (κ1) is 11.1. The summed E-state index contributed by atoms with van der Waals surface area (Å²) >= 11 is 0. The van der Waals surface area contributed by atoms with Crippen molar-refractivity contribution in [2.75, 3.05) is 13.1 Å². The molecule has 16 heavy (non-hydrogen) atoms. The first-order chi connectivity index (χ1) is 7.52. The van der Waals surface area contributed by atoms with Crippen molar-refractivity contribution in [3.05, 3.63) is 17.5 Å². The average molecular weight is 222 g/mol. The number of hydrogen-bond acceptors (Lipinski definition) is 3. The highest BCUT2D eigenvalue weighted by atomic mass is 16.1. The molecule has 0 bridgehead atoms. The van der Waals surface area contributed by atoms with Gasteiger partial charge in [0, 0.05) is 19.3 Å². The van der Waals surface area contributed by atoms with Crippen LogP contribution in [0.4, 0.5) is 0 Å². The third-order valence-corrected chi connectivity index (χ3v) is 3.26. The van der Waals surface area contributed by atoms with Crippen LogP contribution in [0.2, 0.25) is 0 Å². The third kappa shape index (κ3) is 1.95. The van der Waals surface area contributed by atoms with Crippen molar-refractivity contribution in [2.24, 2.45) is 7.05 Å². The van der Waals surface area contributed by atoms with E-state index in [1.165, 1.54) is 0 Å². The van der Waals surface area contributed by atoms with E-state index in [1.807, 2.05) is 14.0 Å². The second-order valence-corrected chi connectivity index (χ2v) is 4.71. The van der Waals surface area contributed by atoms with E-state index in [-0.39, 0.29) is 11.4 Å². The van der Waals surface area contributed by atoms with E-state index >= 15 is 0 Å². The van der Waals surface area contributed by atoms with Crippen LogP contribution in [0, 0.1) is 6.92 Å². The normalized spacial score (nSPS) is 24.7. The third-order valence-electron chi connectivity index (χ3n) is 3.26. The average Bonchev–Trinajstić information content (AvgIpc) is 2.76. The molecular formula is C11H18N4O. The summed E-state index contributed by atoms with van der Waals surface area (Å²) in [5.74, 6) is -0.0307. The minimum absolute atomic E-state index is 0.0307. The summed E-state index contributed by atoms with van der Waals surface area (Å²) in [6.45, 7) is 5.76. The summed E-state index contributed by atoms with van der Waals surface area (Å²) in [5, 5.41) is 10.4. The number of aryl methyl sites for hydroxylation is 1. The molecule has 5 heteroatoms. The van der Waals surface area contributed by atoms with E-state index in [9.17, 15) is 4.79 Å². The Morgan fingerprint density at radius 3 is 2.94 bits per heavy atom. The molecule has 1 aromatic rings. The molecule has 5 nitrogen and oxygen atoms in total. The first-order valence-corrected chi connectivity index (χ1v) is 5.54. The second-order valence-electron chi connectivity index (χ2n) is 4.71. The Labute approximate surface area is 95.2 Å². The van der Waals surface area contributed by atoms with Crippen LogP contribution in [-0.2, 0) is 7.05 Å². The molecule has 0 aliphatic carbocycles. The van der Waals surface area contributed by atoms with Crippen molar-refractivity contribution in [3.8, 4) is 0 Å². The van der Waals surface area contributed by atoms with Gasteiger partial charge in [0.15, 0.2) is 0 Å². The van der Waals surface area contributed by atoms with Crippen molar-refractivity contribution in [1.29, 1.82) is 0 Å². The van der Waals surface area contributed by atoms with Crippen LogP contribution in [0.5, 0.6) is 0 Å². The summed E-state index contributed by atoms with van der Waals surface area (Å²) in [4.78, 5) is 12.0. The molecule has 2 rings (SSSR count). The number of carbonyl (C=O) groups excluding carboxylic acids is 1. The van der Waals surface area contributed by atoms with Gasteiger partial charge < -0.3 is 10.6 Å². The van der Waals surface area contributed by atoms with Gasteiger partial charge in [-0.05, 0) is 26.8 Å². The molecule has 1 aromatic heterocycles. The Hall–Kier alpha value is -1.36. The molecule has 1 atom stereocenters. The molecule has 0 spiro atoms. The largest absolute Gasteiger partial charge is 0.345 e. The fourth-order valence-electron chi connectivity index (χ4n) is 1.99. The van der Waals surface area contributed by atoms with Crippen molar-refractivity contribution < 1.29 is 4.79 Å². The maximum absolute atomic E-state index is 12.0. The van der Waals surface area contributed by atoms with Crippen LogP contribution in [0.3, 0.4) is 0 Å². The quantitative estimate of drug-likeness (QED) is 0.752. The molecule has 1 amide bonds. The second kappa shape index (κ2) is 3.90. The van der Waals surface area contributed by atoms with Crippen molar-refractivity contribution in [1.82, 2.24) is 20.4 Å². The minimum atomic E-state index is -0.126. The van der Waals surface area contributed by atoms with E-state index in [0.29, 0.717) is 5.56 Å². The Balaban J connectivity index is 2.11. The Bertz CT molecular complexity index is 404. The van der Waals surface area contributed by atoms with Gasteiger partial charge in [-0.2, -0.15) is 5.10 Å². The lowest BCUT2D eigenvalue weighted by molar-refractivity contribution is 0.0912. The van der Waals surface area contributed by atoms with E-state index in [1.54, 1.807) is 10.9 Å². The van der Waals surface area contributed by atoms with Crippen molar-refractivity contribution >= 4 is 5.91 Å². The van der Waals surface area contributed by atoms with Crippen LogP contribution in [0.1, 0.15) is 29.4 Å². The van der Waals surface area contributed by atoms with Gasteiger partial charge in [0.1, 0.15) is 0 Å². The molecule has 1 saturated heterocycles. The summed E-state index contributed by atoms with van der Waals surface area (Å²) in [6, 6.07) is 0. The van der Waals surface area contributed by atoms with Crippen LogP contribution in [0.15, 0.2) is 6.20 Å². The Morgan fingerprint density at radius 2 is 2.44 bits per heavy atom. The van der Waals surface area contributed by atoms with Crippen LogP contribution >= 0.6 is 0 Å². The molecule has 2 N–H and O–H groups in total. The number of nitrogens with zero attached hydrogens (tertiary/aromatic N) is 2. The van der Waals surface area contributed by atoms with E-state index < -0.39 is 0 Å². The molecular weight excluding hydrogens is 204 g/mol. The van der Waals surface area contributed by atoms with E-state index in [4.69, 9.17) is 0 Å². The maximum Gasteiger partial charge on any atom is 0.255 e. The highest BCUT2D eigenvalue weighted by molar-refractivity contribution is 5.95. The standard InChI is InChI=1S/C11H18N4O/c1-8-9(6-13-15(8)3)10(16)14-11(2)4-5-12-7-11/h6,12H,4-5,7H2,1-3H3,(H,14,16). The van der Waals surface area contributed by atoms with Crippen molar-refractivity contribution in [3.63, 3.8) is 0 Å². The lowest BCUT2D eigenvalue weighted by Crippen LogP contribution is -2.47. The van der Waals surface area contributed by atoms with Crippen LogP contribution < -0.4 is 10.6 Å². The summed E-state index contributed by atoms with van der Waals surface area (Å²) in [5.41, 5.74) is 1.43. The Kier molecular flexibility index (Phi) is 2.71. The Morgan fingerprint density at radius 1 is 1.69 bits per heavy atom. The fourth-order valence-corrected chi connectivity index (χ4v) is 1.99. The number of hydrogen-bond donors (Lipinski definition) is 2. The van der Waals surface area contributed by atoms with Gasteiger partial charge >= 0.3 is 0 Å². The molecule has 2 heterocycles. The maximum atomic E-state index is 12.0. The number of aromatic nitrogens is 2. The van der Waals surface area contributed by atoms with Gasteiger partial charge in [-0.3, -0.25) is 9.48 Å². The fraction of sp³-hybridized carbons (Fsp3) is 0.636. The monoisotopic (exact) mass is 222 g/mol. The topological polar surface area (TPSA) is 59.0 Å². The smallest absolute Gasteiger partial charge is 0.255 e. The molecule has 1 fully saturated rings. The molecule has 88 valence electrons. The van der Waals surface area contributed by atoms with Crippen LogP contribution in [-0.4, -0.2) is 34.3 Å². The predicted molar refractivity (Wildman–Crippen MR) is 61.3 cm³/mol. The zero-order valence-electron chi connectivity index (χ0n) is 10.0. The first-order valence-electron chi connectivity index (χ1n) is 5.54. The minimum Gasteiger partial charge on any atom is -0.345 e. The zero-order chi connectivity index (χ0) is 11.8. The lowest BCUT2D eigenvalue weighted by Gasteiger charge is -2.24. The van der Waals surface area contributed by atoms with Gasteiger partial charge in [0.25, 0.3) is 5.91 Å². The number of nitrogens with one attached hydrogen (secondary N) is 2. The molecule has 1 aliphatic rings.